The van der Waals surface area contributed by atoms with Gasteiger partial charge in [-0.15, -0.1) is 0 Å². The molecule has 1 fully saturated rings. The second-order valence-electron chi connectivity index (χ2n) is 17.4. The van der Waals surface area contributed by atoms with E-state index < -0.39 is 0 Å². The monoisotopic (exact) mass is 816 g/mol. The van der Waals surface area contributed by atoms with Crippen LogP contribution in [0.25, 0.3) is 33.5 Å². The number of nitrogens with two attached hydrogens (primary N) is 1. The summed E-state index contributed by atoms with van der Waals surface area (Å²) in [6.07, 6.45) is 18.1. The van der Waals surface area contributed by atoms with Gasteiger partial charge in [0.25, 0.3) is 0 Å². The fraction of sp³-hybridized carbons (Fsp3) is 0.175. The molecule has 11 rings (SSSR count). The van der Waals surface area contributed by atoms with Crippen LogP contribution < -0.4 is 5.73 Å². The predicted molar refractivity (Wildman–Crippen MR) is 259 cm³/mol. The Bertz CT molecular complexity index is 3040. The Labute approximate surface area is 369 Å². The van der Waals surface area contributed by atoms with Crippen LogP contribution in [-0.2, 0) is 0 Å². The fourth-order valence-corrected chi connectivity index (χ4v) is 9.86. The Morgan fingerprint density at radius 2 is 1.51 bits per heavy atom. The molecule has 7 aromatic rings. The van der Waals surface area contributed by atoms with E-state index in [4.69, 9.17) is 25.7 Å². The molecule has 6 atom stereocenters. The van der Waals surface area contributed by atoms with Crippen molar-refractivity contribution in [2.45, 2.75) is 50.1 Å². The molecule has 5 aromatic carbocycles. The highest BCUT2D eigenvalue weighted by Crippen LogP contribution is 2.47. The Morgan fingerprint density at radius 3 is 2.38 bits per heavy atom. The minimum Gasteiger partial charge on any atom is -0.383 e. The van der Waals surface area contributed by atoms with Crippen molar-refractivity contribution in [1.29, 1.82) is 0 Å². The second kappa shape index (κ2) is 16.5. The van der Waals surface area contributed by atoms with Crippen molar-refractivity contribution in [2.75, 3.05) is 0 Å². The standard InChI is InChI=1S/C57H48N6/c1-36-24-25-38-26-27-49-50(37-12-4-2-5-13-37)33-52(61-55(49)54(38)60-36)44-20-9-17-41(31-44)40-16-8-19-43(30-40)51-34-53(51)62-57(63-56(58)39-14-6-3-7-15-39)45-21-10-18-42(32-45)47-23-11-22-46-35-59-29-28-48(46)47/h2-17,19-31,33,35,42,45,49,51,53,55H,18,32,34H2,1H3,(H2,58,62,63). The van der Waals surface area contributed by atoms with Crippen molar-refractivity contribution in [3.8, 4) is 11.1 Å². The fourth-order valence-electron chi connectivity index (χ4n) is 9.86. The van der Waals surface area contributed by atoms with E-state index in [9.17, 15) is 0 Å². The van der Waals surface area contributed by atoms with Gasteiger partial charge < -0.3 is 5.73 Å². The van der Waals surface area contributed by atoms with Crippen LogP contribution in [0.2, 0.25) is 0 Å². The van der Waals surface area contributed by atoms with E-state index in [0.29, 0.717) is 17.7 Å². The molecule has 306 valence electrons. The minimum absolute atomic E-state index is 0.0470. The molecule has 0 bridgehead atoms. The largest absolute Gasteiger partial charge is 0.383 e. The van der Waals surface area contributed by atoms with E-state index >= 15 is 0 Å². The number of allylic oxidation sites excluding steroid dienone is 2. The van der Waals surface area contributed by atoms with Gasteiger partial charge in [-0.05, 0) is 101 Å². The first-order valence-corrected chi connectivity index (χ1v) is 22.2. The zero-order chi connectivity index (χ0) is 42.3. The van der Waals surface area contributed by atoms with E-state index in [2.05, 4.69) is 158 Å². The molecular formula is C57H48N6. The quantitative estimate of drug-likeness (QED) is 0.0941. The summed E-state index contributed by atoms with van der Waals surface area (Å²) >= 11 is 0. The first-order valence-electron chi connectivity index (χ1n) is 22.2. The Morgan fingerprint density at radius 1 is 0.730 bits per heavy atom. The second-order valence-corrected chi connectivity index (χ2v) is 17.4. The van der Waals surface area contributed by atoms with Crippen LogP contribution in [-0.4, -0.2) is 33.4 Å². The maximum atomic E-state index is 6.73. The lowest BCUT2D eigenvalue weighted by Gasteiger charge is -2.32. The van der Waals surface area contributed by atoms with Crippen LogP contribution in [0.1, 0.15) is 81.9 Å². The molecule has 0 saturated heterocycles. The third kappa shape index (κ3) is 7.78. The van der Waals surface area contributed by atoms with Crippen molar-refractivity contribution in [3.63, 3.8) is 0 Å². The lowest BCUT2D eigenvalue weighted by Crippen LogP contribution is -2.23. The lowest BCUT2D eigenvalue weighted by atomic mass is 9.78. The molecule has 63 heavy (non-hydrogen) atoms. The molecule has 6 heteroatoms. The van der Waals surface area contributed by atoms with Gasteiger partial charge in [-0.25, -0.2) is 4.99 Å². The zero-order valence-electron chi connectivity index (χ0n) is 35.3. The molecule has 3 aliphatic carbocycles. The SMILES string of the molecule is Cc1ccc2c(n1)C1N=C(c3cccc(-c4cccc(C5CC5N=C(N=C(N)c5ccccc5)C5C=CCC(c6cccc7cnccc67)C5)c4)c3)C=C(c3ccccc3)C1C=C2. The Balaban J connectivity index is 0.892. The topological polar surface area (TPSA) is 88.9 Å². The summed E-state index contributed by atoms with van der Waals surface area (Å²) in [5.41, 5.74) is 20.4. The number of nitrogens with zero attached hydrogens (tertiary/aromatic N) is 5. The summed E-state index contributed by atoms with van der Waals surface area (Å²) in [4.78, 5) is 25.4. The zero-order valence-corrected chi connectivity index (χ0v) is 35.3. The summed E-state index contributed by atoms with van der Waals surface area (Å²) in [6, 6.07) is 51.6. The van der Waals surface area contributed by atoms with Gasteiger partial charge in [-0.1, -0.05) is 152 Å². The van der Waals surface area contributed by atoms with Gasteiger partial charge >= 0.3 is 0 Å². The first kappa shape index (κ1) is 38.6. The summed E-state index contributed by atoms with van der Waals surface area (Å²) < 4.78 is 0. The van der Waals surface area contributed by atoms with E-state index in [1.165, 1.54) is 38.6 Å². The number of dihydropyridines is 1. The van der Waals surface area contributed by atoms with E-state index in [1.807, 2.05) is 42.7 Å². The average molecular weight is 817 g/mol. The van der Waals surface area contributed by atoms with Crippen LogP contribution in [0.15, 0.2) is 197 Å². The van der Waals surface area contributed by atoms with Crippen LogP contribution in [0, 0.1) is 18.8 Å². The number of aromatic nitrogens is 2. The summed E-state index contributed by atoms with van der Waals surface area (Å²) in [5.74, 6) is 2.12. The van der Waals surface area contributed by atoms with Crippen molar-refractivity contribution >= 4 is 39.8 Å². The van der Waals surface area contributed by atoms with Crippen LogP contribution in [0.4, 0.5) is 0 Å². The van der Waals surface area contributed by atoms with Gasteiger partial charge in [0.05, 0.1) is 17.4 Å². The number of pyridine rings is 2. The molecule has 6 unspecified atom stereocenters. The number of hydrogen-bond donors (Lipinski definition) is 1. The third-order valence-electron chi connectivity index (χ3n) is 13.2. The van der Waals surface area contributed by atoms with E-state index in [-0.39, 0.29) is 23.9 Å². The molecule has 2 aromatic heterocycles. The maximum absolute atomic E-state index is 6.73. The molecule has 2 N–H and O–H groups in total. The van der Waals surface area contributed by atoms with Gasteiger partial charge in [0, 0.05) is 52.4 Å². The molecule has 1 aliphatic heterocycles. The van der Waals surface area contributed by atoms with Gasteiger partial charge in [-0.3, -0.25) is 20.0 Å². The van der Waals surface area contributed by atoms with Gasteiger partial charge in [0.15, 0.2) is 0 Å². The minimum atomic E-state index is -0.0949. The molecule has 0 amide bonds. The average Bonchev–Trinajstić information content (AvgIpc) is 4.13. The highest BCUT2D eigenvalue weighted by atomic mass is 15.0. The normalized spacial score (nSPS) is 22.8. The molecule has 0 spiro atoms. The van der Waals surface area contributed by atoms with E-state index in [1.54, 1.807) is 0 Å². The van der Waals surface area contributed by atoms with Crippen molar-refractivity contribution < 1.29 is 0 Å². The van der Waals surface area contributed by atoms with Gasteiger partial charge in [-0.2, -0.15) is 0 Å². The van der Waals surface area contributed by atoms with Gasteiger partial charge in [0.2, 0.25) is 0 Å². The van der Waals surface area contributed by atoms with Crippen LogP contribution in [0.5, 0.6) is 0 Å². The number of aliphatic imine (C=N–C) groups is 3. The highest BCUT2D eigenvalue weighted by molar-refractivity contribution is 6.14. The lowest BCUT2D eigenvalue weighted by molar-refractivity contribution is 0.565. The van der Waals surface area contributed by atoms with Crippen LogP contribution in [0.3, 0.4) is 0 Å². The number of fused-ring (bicyclic) bond motifs is 4. The maximum Gasteiger partial charge on any atom is 0.132 e. The first-order chi connectivity index (χ1) is 31.0. The molecule has 1 saturated carbocycles. The summed E-state index contributed by atoms with van der Waals surface area (Å²) in [6.45, 7) is 2.06. The van der Waals surface area contributed by atoms with E-state index in [0.717, 1.165) is 64.5 Å². The number of benzene rings is 5. The Hall–Kier alpha value is -7.31. The highest BCUT2D eigenvalue weighted by Gasteiger charge is 2.40. The van der Waals surface area contributed by atoms with Crippen LogP contribution >= 0.6 is 0 Å². The number of aryl methyl sites for hydroxylation is 1. The number of rotatable bonds is 8. The molecule has 3 heterocycles. The number of amidine groups is 2. The van der Waals surface area contributed by atoms with Gasteiger partial charge in [0.1, 0.15) is 17.7 Å². The molecule has 0 radical (unpaired) electrons. The van der Waals surface area contributed by atoms with Crippen molar-refractivity contribution in [1.82, 2.24) is 9.97 Å². The summed E-state index contributed by atoms with van der Waals surface area (Å²) in [7, 11) is 0. The van der Waals surface area contributed by atoms with Crippen molar-refractivity contribution in [3.05, 3.63) is 227 Å². The predicted octanol–water partition coefficient (Wildman–Crippen LogP) is 12.3. The Kier molecular flexibility index (Phi) is 10.1. The number of hydrogen-bond acceptors (Lipinski definition) is 4. The molecule has 6 nitrogen and oxygen atoms in total. The third-order valence-corrected chi connectivity index (χ3v) is 13.2. The smallest absolute Gasteiger partial charge is 0.132 e. The molecule has 4 aliphatic rings. The van der Waals surface area contributed by atoms with Crippen molar-refractivity contribution in [2.24, 2.45) is 32.5 Å². The molecular weight excluding hydrogens is 769 g/mol. The summed E-state index contributed by atoms with van der Waals surface area (Å²) in [5, 5.41) is 2.43.